The summed E-state index contributed by atoms with van der Waals surface area (Å²) in [6.45, 7) is 2.51. The zero-order valence-electron chi connectivity index (χ0n) is 13.0. The predicted octanol–water partition coefficient (Wildman–Crippen LogP) is 3.55. The number of ether oxygens (including phenoxy) is 1. The molecule has 0 bridgehead atoms. The van der Waals surface area contributed by atoms with E-state index in [9.17, 15) is 9.59 Å². The molecule has 2 atom stereocenters. The molecule has 0 spiro atoms. The van der Waals surface area contributed by atoms with Crippen molar-refractivity contribution in [2.24, 2.45) is 5.92 Å². The van der Waals surface area contributed by atoms with Gasteiger partial charge in [-0.1, -0.05) is 11.6 Å². The van der Waals surface area contributed by atoms with Gasteiger partial charge in [-0.25, -0.2) is 0 Å². The van der Waals surface area contributed by atoms with E-state index in [1.165, 1.54) is 6.26 Å². The maximum Gasteiger partial charge on any atom is 0.291 e. The van der Waals surface area contributed by atoms with Gasteiger partial charge >= 0.3 is 0 Å². The molecule has 7 heteroatoms. The van der Waals surface area contributed by atoms with Crippen LogP contribution in [0.25, 0.3) is 0 Å². The van der Waals surface area contributed by atoms with Crippen molar-refractivity contribution in [3.8, 4) is 0 Å². The number of rotatable bonds is 6. The lowest BCUT2D eigenvalue weighted by Crippen LogP contribution is -2.17. The number of amides is 2. The summed E-state index contributed by atoms with van der Waals surface area (Å²) < 4.78 is 10.4. The molecule has 1 aromatic heterocycles. The van der Waals surface area contributed by atoms with E-state index in [-0.39, 0.29) is 23.7 Å². The van der Waals surface area contributed by atoms with Crippen LogP contribution in [0, 0.1) is 5.92 Å². The summed E-state index contributed by atoms with van der Waals surface area (Å²) in [7, 11) is 0. The molecule has 0 aliphatic heterocycles. The number of furan rings is 1. The maximum atomic E-state index is 12.1. The summed E-state index contributed by atoms with van der Waals surface area (Å²) in [4.78, 5) is 24.0. The molecule has 2 aromatic rings. The van der Waals surface area contributed by atoms with Crippen LogP contribution in [0.3, 0.4) is 0 Å². The molecule has 1 saturated carbocycles. The van der Waals surface area contributed by atoms with E-state index in [1.54, 1.807) is 30.3 Å². The van der Waals surface area contributed by atoms with Crippen molar-refractivity contribution in [3.05, 3.63) is 47.4 Å². The lowest BCUT2D eigenvalue weighted by atomic mass is 10.2. The second-order valence-electron chi connectivity index (χ2n) is 5.45. The van der Waals surface area contributed by atoms with Gasteiger partial charge in [-0.05, 0) is 43.7 Å². The van der Waals surface area contributed by atoms with Crippen LogP contribution in [0.15, 0.2) is 41.0 Å². The molecule has 1 heterocycles. The van der Waals surface area contributed by atoms with E-state index in [0.717, 1.165) is 6.42 Å². The number of nitrogens with one attached hydrogen (secondary N) is 2. The van der Waals surface area contributed by atoms with Crippen molar-refractivity contribution in [1.29, 1.82) is 0 Å². The molecule has 24 heavy (non-hydrogen) atoms. The quantitative estimate of drug-likeness (QED) is 0.836. The molecule has 2 amide bonds. The van der Waals surface area contributed by atoms with E-state index in [1.807, 2.05) is 6.92 Å². The lowest BCUT2D eigenvalue weighted by molar-refractivity contribution is -0.118. The highest BCUT2D eigenvalue weighted by molar-refractivity contribution is 6.34. The Morgan fingerprint density at radius 1 is 1.33 bits per heavy atom. The highest BCUT2D eigenvalue weighted by Crippen LogP contribution is 2.35. The van der Waals surface area contributed by atoms with Gasteiger partial charge in [0.15, 0.2) is 5.76 Å². The van der Waals surface area contributed by atoms with Crippen LogP contribution in [0.1, 0.15) is 23.9 Å². The van der Waals surface area contributed by atoms with Crippen LogP contribution in [0.5, 0.6) is 0 Å². The summed E-state index contributed by atoms with van der Waals surface area (Å²) in [6.07, 6.45) is 2.17. The van der Waals surface area contributed by atoms with Crippen LogP contribution in [-0.2, 0) is 9.53 Å². The molecule has 0 radical (unpaired) electrons. The Morgan fingerprint density at radius 2 is 2.17 bits per heavy atom. The molecular formula is C17H17ClN2O4. The largest absolute Gasteiger partial charge is 0.459 e. The molecule has 1 aromatic carbocycles. The Bertz CT molecular complexity index is 745. The Balaban J connectivity index is 1.60. The molecule has 0 saturated heterocycles. The number of carbonyl (C=O) groups excluding carboxylic acids is 2. The van der Waals surface area contributed by atoms with Crippen LogP contribution >= 0.6 is 11.6 Å². The van der Waals surface area contributed by atoms with Crippen molar-refractivity contribution >= 4 is 34.8 Å². The van der Waals surface area contributed by atoms with Crippen molar-refractivity contribution in [2.45, 2.75) is 19.4 Å². The monoisotopic (exact) mass is 348 g/mol. The smallest absolute Gasteiger partial charge is 0.291 e. The SMILES string of the molecule is CCO[C@H]1C[C@@H]1C(=O)Nc1ccc(NC(=O)c2ccco2)c(Cl)c1. The first kappa shape index (κ1) is 16.5. The number of benzene rings is 1. The van der Waals surface area contributed by atoms with E-state index in [2.05, 4.69) is 10.6 Å². The number of hydrogen-bond acceptors (Lipinski definition) is 4. The third kappa shape index (κ3) is 3.77. The fourth-order valence-electron chi connectivity index (χ4n) is 2.37. The van der Waals surface area contributed by atoms with Crippen molar-refractivity contribution in [1.82, 2.24) is 0 Å². The Kier molecular flexibility index (Phi) is 4.87. The first-order chi connectivity index (χ1) is 11.6. The molecule has 3 rings (SSSR count). The topological polar surface area (TPSA) is 80.6 Å². The number of hydrogen-bond donors (Lipinski definition) is 2. The summed E-state index contributed by atoms with van der Waals surface area (Å²) >= 11 is 6.17. The molecule has 6 nitrogen and oxygen atoms in total. The normalized spacial score (nSPS) is 18.9. The van der Waals surface area contributed by atoms with Gasteiger partial charge in [-0.3, -0.25) is 9.59 Å². The average Bonchev–Trinajstić information content (AvgIpc) is 3.10. The minimum absolute atomic E-state index is 0.0114. The Morgan fingerprint density at radius 3 is 2.83 bits per heavy atom. The third-order valence-corrected chi connectivity index (χ3v) is 3.99. The fourth-order valence-corrected chi connectivity index (χ4v) is 2.59. The molecule has 1 aliphatic carbocycles. The van der Waals surface area contributed by atoms with Gasteiger partial charge in [-0.2, -0.15) is 0 Å². The Hall–Kier alpha value is -2.31. The van der Waals surface area contributed by atoms with E-state index in [0.29, 0.717) is 23.0 Å². The van der Waals surface area contributed by atoms with E-state index >= 15 is 0 Å². The summed E-state index contributed by atoms with van der Waals surface area (Å²) in [5.41, 5.74) is 1.01. The number of halogens is 1. The first-order valence-electron chi connectivity index (χ1n) is 7.65. The van der Waals surface area contributed by atoms with Gasteiger partial charge in [0, 0.05) is 12.3 Å². The van der Waals surface area contributed by atoms with Gasteiger partial charge in [0.2, 0.25) is 5.91 Å². The van der Waals surface area contributed by atoms with Crippen LogP contribution < -0.4 is 10.6 Å². The minimum Gasteiger partial charge on any atom is -0.459 e. The van der Waals surface area contributed by atoms with Gasteiger partial charge in [0.05, 0.1) is 29.0 Å². The highest BCUT2D eigenvalue weighted by atomic mass is 35.5. The predicted molar refractivity (Wildman–Crippen MR) is 90.3 cm³/mol. The highest BCUT2D eigenvalue weighted by Gasteiger charge is 2.43. The second-order valence-corrected chi connectivity index (χ2v) is 5.86. The molecule has 1 fully saturated rings. The third-order valence-electron chi connectivity index (χ3n) is 3.68. The maximum absolute atomic E-state index is 12.1. The van der Waals surface area contributed by atoms with Crippen molar-refractivity contribution in [3.63, 3.8) is 0 Å². The summed E-state index contributed by atoms with van der Waals surface area (Å²) in [6, 6.07) is 8.09. The fraction of sp³-hybridized carbons (Fsp3) is 0.294. The summed E-state index contributed by atoms with van der Waals surface area (Å²) in [5, 5.41) is 5.79. The van der Waals surface area contributed by atoms with E-state index < -0.39 is 5.91 Å². The van der Waals surface area contributed by atoms with Gasteiger partial charge in [0.1, 0.15) is 0 Å². The first-order valence-corrected chi connectivity index (χ1v) is 8.03. The van der Waals surface area contributed by atoms with Gasteiger partial charge < -0.3 is 19.8 Å². The molecule has 1 aliphatic rings. The molecule has 2 N–H and O–H groups in total. The molecular weight excluding hydrogens is 332 g/mol. The van der Waals surface area contributed by atoms with Gasteiger partial charge in [-0.15, -0.1) is 0 Å². The minimum atomic E-state index is -0.392. The standard InChI is InChI=1S/C17H17ClN2O4/c1-2-23-15-9-11(15)16(21)19-10-5-6-13(12(18)8-10)20-17(22)14-4-3-7-24-14/h3-8,11,15H,2,9H2,1H3,(H,19,21)(H,20,22)/t11-,15-/m0/s1. The average molecular weight is 349 g/mol. The Labute approximate surface area is 144 Å². The van der Waals surface area contributed by atoms with E-state index in [4.69, 9.17) is 20.8 Å². The van der Waals surface area contributed by atoms with Crippen LogP contribution in [-0.4, -0.2) is 24.5 Å². The molecule has 126 valence electrons. The second kappa shape index (κ2) is 7.07. The van der Waals surface area contributed by atoms with Crippen molar-refractivity contribution < 1.29 is 18.7 Å². The zero-order chi connectivity index (χ0) is 17.1. The van der Waals surface area contributed by atoms with Crippen LogP contribution in [0.4, 0.5) is 11.4 Å². The van der Waals surface area contributed by atoms with Gasteiger partial charge in [0.25, 0.3) is 5.91 Å². The lowest BCUT2D eigenvalue weighted by Gasteiger charge is -2.09. The zero-order valence-corrected chi connectivity index (χ0v) is 13.8. The summed E-state index contributed by atoms with van der Waals surface area (Å²) in [5.74, 6) is -0.394. The number of carbonyl (C=O) groups is 2. The number of anilines is 2. The van der Waals surface area contributed by atoms with Crippen LogP contribution in [0.2, 0.25) is 5.02 Å². The van der Waals surface area contributed by atoms with Crippen molar-refractivity contribution in [2.75, 3.05) is 17.2 Å². The molecule has 0 unspecified atom stereocenters.